The Morgan fingerprint density at radius 3 is 2.36 bits per heavy atom. The fraction of sp³-hybridized carbons (Fsp3) is 0.619. The first-order valence-corrected chi connectivity index (χ1v) is 10.0. The molecule has 7 heteroatoms. The van der Waals surface area contributed by atoms with Crippen molar-refractivity contribution in [1.82, 2.24) is 15.1 Å². The summed E-state index contributed by atoms with van der Waals surface area (Å²) in [6.07, 6.45) is 4.37. The molecular weight excluding hydrogens is 378 g/mol. The number of methoxy groups -OCH3 is 1. The highest BCUT2D eigenvalue weighted by Gasteiger charge is 2.25. The average Bonchev–Trinajstić information content (AvgIpc) is 2.73. The smallest absolute Gasteiger partial charge is 0.227 e. The van der Waals surface area contributed by atoms with E-state index in [9.17, 15) is 9.59 Å². The molecule has 0 aromatic heterocycles. The van der Waals surface area contributed by atoms with Crippen LogP contribution >= 0.6 is 12.4 Å². The molecule has 2 saturated heterocycles. The number of piperidine rings is 1. The second-order valence-electron chi connectivity index (χ2n) is 7.52. The monoisotopic (exact) mass is 409 g/mol. The van der Waals surface area contributed by atoms with Crippen LogP contribution in [-0.2, 0) is 16.0 Å². The summed E-state index contributed by atoms with van der Waals surface area (Å²) in [5.41, 5.74) is 0.958. The molecule has 1 aromatic carbocycles. The van der Waals surface area contributed by atoms with Gasteiger partial charge in [0.2, 0.25) is 11.8 Å². The summed E-state index contributed by atoms with van der Waals surface area (Å²) in [6.45, 7) is 4.70. The zero-order valence-electron chi connectivity index (χ0n) is 16.7. The van der Waals surface area contributed by atoms with Gasteiger partial charge < -0.3 is 19.9 Å². The predicted octanol–water partition coefficient (Wildman–Crippen LogP) is 2.11. The topological polar surface area (TPSA) is 61.9 Å². The van der Waals surface area contributed by atoms with Crippen molar-refractivity contribution in [3.63, 3.8) is 0 Å². The van der Waals surface area contributed by atoms with Crippen LogP contribution in [0.2, 0.25) is 0 Å². The Bertz CT molecular complexity index is 642. The number of carbonyl (C=O) groups is 2. The summed E-state index contributed by atoms with van der Waals surface area (Å²) in [6, 6.07) is 7.63. The third-order valence-electron chi connectivity index (χ3n) is 5.70. The van der Waals surface area contributed by atoms with E-state index >= 15 is 0 Å². The Labute approximate surface area is 174 Å². The van der Waals surface area contributed by atoms with Crippen LogP contribution in [-0.4, -0.2) is 68.0 Å². The lowest BCUT2D eigenvalue weighted by Crippen LogP contribution is -2.51. The fourth-order valence-electron chi connectivity index (χ4n) is 3.93. The highest BCUT2D eigenvalue weighted by atomic mass is 35.5. The molecule has 28 heavy (non-hydrogen) atoms. The number of nitrogens with zero attached hydrogens (tertiary/aromatic N) is 2. The molecular formula is C21H32ClN3O3. The highest BCUT2D eigenvalue weighted by molar-refractivity contribution is 5.85. The maximum atomic E-state index is 12.6. The van der Waals surface area contributed by atoms with Gasteiger partial charge in [-0.15, -0.1) is 12.4 Å². The number of hydrogen-bond donors (Lipinski definition) is 1. The predicted molar refractivity (Wildman–Crippen MR) is 112 cm³/mol. The summed E-state index contributed by atoms with van der Waals surface area (Å²) in [7, 11) is 1.63. The van der Waals surface area contributed by atoms with Crippen molar-refractivity contribution in [2.45, 2.75) is 32.1 Å². The molecule has 0 radical (unpaired) electrons. The van der Waals surface area contributed by atoms with E-state index in [2.05, 4.69) is 5.32 Å². The van der Waals surface area contributed by atoms with Crippen LogP contribution in [0.25, 0.3) is 0 Å². The molecule has 2 fully saturated rings. The first-order valence-electron chi connectivity index (χ1n) is 10.0. The molecule has 2 amide bonds. The van der Waals surface area contributed by atoms with Gasteiger partial charge in [-0.2, -0.15) is 0 Å². The molecule has 0 spiro atoms. The van der Waals surface area contributed by atoms with Crippen molar-refractivity contribution < 1.29 is 14.3 Å². The highest BCUT2D eigenvalue weighted by Crippen LogP contribution is 2.19. The van der Waals surface area contributed by atoms with Crippen LogP contribution in [0, 0.1) is 5.92 Å². The van der Waals surface area contributed by atoms with Crippen molar-refractivity contribution in [3.05, 3.63) is 29.8 Å². The molecule has 0 unspecified atom stereocenters. The lowest BCUT2D eigenvalue weighted by atomic mass is 9.93. The van der Waals surface area contributed by atoms with E-state index in [1.165, 1.54) is 12.8 Å². The Morgan fingerprint density at radius 1 is 1.07 bits per heavy atom. The lowest BCUT2D eigenvalue weighted by Gasteiger charge is -2.35. The third-order valence-corrected chi connectivity index (χ3v) is 5.70. The molecule has 0 bridgehead atoms. The second-order valence-corrected chi connectivity index (χ2v) is 7.52. The number of carbonyl (C=O) groups excluding carboxylic acids is 2. The number of nitrogens with one attached hydrogen (secondary N) is 1. The van der Waals surface area contributed by atoms with E-state index in [0.29, 0.717) is 44.9 Å². The summed E-state index contributed by atoms with van der Waals surface area (Å²) in [5.74, 6) is 1.81. The van der Waals surface area contributed by atoms with Gasteiger partial charge >= 0.3 is 0 Å². The van der Waals surface area contributed by atoms with Crippen molar-refractivity contribution in [2.24, 2.45) is 5.92 Å². The van der Waals surface area contributed by atoms with Gasteiger partial charge in [0.05, 0.1) is 13.5 Å². The molecule has 1 aromatic rings. The van der Waals surface area contributed by atoms with Crippen molar-refractivity contribution in [2.75, 3.05) is 46.4 Å². The third kappa shape index (κ3) is 6.38. The number of amides is 2. The van der Waals surface area contributed by atoms with Gasteiger partial charge in [-0.25, -0.2) is 0 Å². The van der Waals surface area contributed by atoms with Crippen LogP contribution in [0.3, 0.4) is 0 Å². The van der Waals surface area contributed by atoms with Gasteiger partial charge in [-0.05, 0) is 56.0 Å². The van der Waals surface area contributed by atoms with Crippen molar-refractivity contribution in [1.29, 1.82) is 0 Å². The minimum absolute atomic E-state index is 0. The van der Waals surface area contributed by atoms with E-state index in [4.69, 9.17) is 4.74 Å². The van der Waals surface area contributed by atoms with Gasteiger partial charge in [0.15, 0.2) is 0 Å². The van der Waals surface area contributed by atoms with Crippen molar-refractivity contribution >= 4 is 24.2 Å². The Kier molecular flexibility index (Phi) is 9.06. The van der Waals surface area contributed by atoms with Gasteiger partial charge in [0.1, 0.15) is 5.75 Å². The molecule has 2 aliphatic rings. The molecule has 0 saturated carbocycles. The quantitative estimate of drug-likeness (QED) is 0.781. The maximum absolute atomic E-state index is 12.6. The molecule has 156 valence electrons. The summed E-state index contributed by atoms with van der Waals surface area (Å²) in [4.78, 5) is 28.8. The molecule has 0 aliphatic carbocycles. The van der Waals surface area contributed by atoms with Crippen molar-refractivity contribution in [3.8, 4) is 5.75 Å². The van der Waals surface area contributed by atoms with E-state index in [1.807, 2.05) is 34.1 Å². The number of halogens is 1. The molecule has 2 heterocycles. The van der Waals surface area contributed by atoms with Crippen LogP contribution in [0.15, 0.2) is 24.3 Å². The number of ether oxygens (including phenoxy) is 1. The first-order chi connectivity index (χ1) is 13.2. The molecule has 0 atom stereocenters. The summed E-state index contributed by atoms with van der Waals surface area (Å²) in [5, 5.41) is 3.37. The van der Waals surface area contributed by atoms with Gasteiger partial charge in [0.25, 0.3) is 0 Å². The largest absolute Gasteiger partial charge is 0.497 e. The standard InChI is InChI=1S/C21H31N3O3.ClH/c1-27-19-4-2-3-18(15-19)16-21(26)24-13-11-23(12-14-24)20(25)6-5-17-7-9-22-10-8-17;/h2-4,15,17,22H,5-14,16H2,1H3;1H. The number of benzene rings is 1. The second kappa shape index (κ2) is 11.3. The van der Waals surface area contributed by atoms with E-state index in [0.717, 1.165) is 30.8 Å². The Morgan fingerprint density at radius 2 is 1.71 bits per heavy atom. The normalized spacial score (nSPS) is 17.8. The average molecular weight is 410 g/mol. The Balaban J connectivity index is 0.00000280. The number of piperazine rings is 1. The number of rotatable bonds is 6. The SMILES string of the molecule is COc1cccc(CC(=O)N2CCN(C(=O)CCC3CCNCC3)CC2)c1.Cl. The van der Waals surface area contributed by atoms with Crippen LogP contribution < -0.4 is 10.1 Å². The molecule has 1 N–H and O–H groups in total. The molecule has 3 rings (SSSR count). The van der Waals surface area contributed by atoms with Gasteiger partial charge in [0, 0.05) is 32.6 Å². The van der Waals surface area contributed by atoms with Crippen LogP contribution in [0.1, 0.15) is 31.2 Å². The fourth-order valence-corrected chi connectivity index (χ4v) is 3.93. The minimum atomic E-state index is 0. The summed E-state index contributed by atoms with van der Waals surface area (Å²) >= 11 is 0. The van der Waals surface area contributed by atoms with E-state index in [-0.39, 0.29) is 24.2 Å². The van der Waals surface area contributed by atoms with E-state index in [1.54, 1.807) is 7.11 Å². The van der Waals surface area contributed by atoms with Crippen LogP contribution in [0.5, 0.6) is 5.75 Å². The molecule has 6 nitrogen and oxygen atoms in total. The zero-order chi connectivity index (χ0) is 19.1. The maximum Gasteiger partial charge on any atom is 0.227 e. The Hall–Kier alpha value is -1.79. The number of hydrogen-bond acceptors (Lipinski definition) is 4. The zero-order valence-corrected chi connectivity index (χ0v) is 17.5. The first kappa shape index (κ1) is 22.5. The molecule has 2 aliphatic heterocycles. The summed E-state index contributed by atoms with van der Waals surface area (Å²) < 4.78 is 5.22. The van der Waals surface area contributed by atoms with E-state index < -0.39 is 0 Å². The van der Waals surface area contributed by atoms with Gasteiger partial charge in [-0.1, -0.05) is 12.1 Å². The van der Waals surface area contributed by atoms with Gasteiger partial charge in [-0.3, -0.25) is 9.59 Å². The van der Waals surface area contributed by atoms with Crippen LogP contribution in [0.4, 0.5) is 0 Å². The lowest BCUT2D eigenvalue weighted by molar-refractivity contribution is -0.139. The minimum Gasteiger partial charge on any atom is -0.497 e.